The minimum absolute atomic E-state index is 0.00541. The van der Waals surface area contributed by atoms with Crippen molar-refractivity contribution in [2.75, 3.05) is 20.3 Å². The highest BCUT2D eigenvalue weighted by Gasteiger charge is 2.19. The number of rotatable bonds is 10. The van der Waals surface area contributed by atoms with Gasteiger partial charge in [0.05, 0.1) is 29.9 Å². The van der Waals surface area contributed by atoms with Crippen molar-refractivity contribution in [1.29, 1.82) is 0 Å². The zero-order valence-corrected chi connectivity index (χ0v) is 32.1. The van der Waals surface area contributed by atoms with Gasteiger partial charge < -0.3 is 24.2 Å². The van der Waals surface area contributed by atoms with E-state index in [4.69, 9.17) is 19.4 Å². The van der Waals surface area contributed by atoms with Crippen molar-refractivity contribution in [3.05, 3.63) is 162 Å². The van der Waals surface area contributed by atoms with E-state index in [-0.39, 0.29) is 13.2 Å². The molecule has 8 bridgehead atoms. The van der Waals surface area contributed by atoms with E-state index in [0.717, 1.165) is 89.4 Å². The smallest absolute Gasteiger partial charge is 0.317 e. The number of fused-ring (bicyclic) bond motifs is 8. The number of nitrogens with one attached hydrogen (secondary N) is 2. The van der Waals surface area contributed by atoms with E-state index in [1.54, 1.807) is 0 Å². The first-order chi connectivity index (χ1) is 29.0. The molecule has 9 nitrogen and oxygen atoms in total. The minimum Gasteiger partial charge on any atom is -0.490 e. The van der Waals surface area contributed by atoms with Gasteiger partial charge in [-0.2, -0.15) is 0 Å². The summed E-state index contributed by atoms with van der Waals surface area (Å²) in [6, 6.07) is 47.2. The van der Waals surface area contributed by atoms with Crippen LogP contribution in [0.25, 0.3) is 90.9 Å². The van der Waals surface area contributed by atoms with Gasteiger partial charge in [0.15, 0.2) is 0 Å². The van der Waals surface area contributed by atoms with Crippen LogP contribution in [-0.4, -0.2) is 52.2 Å². The zero-order valence-electron chi connectivity index (χ0n) is 32.1. The van der Waals surface area contributed by atoms with Crippen LogP contribution in [0.3, 0.4) is 0 Å². The fourth-order valence-corrected chi connectivity index (χ4v) is 7.51. The minimum atomic E-state index is -0.666. The second kappa shape index (κ2) is 16.4. The average molecular weight is 775 g/mol. The highest BCUT2D eigenvalue weighted by molar-refractivity contribution is 6.00. The van der Waals surface area contributed by atoms with Crippen molar-refractivity contribution >= 4 is 58.3 Å². The van der Waals surface area contributed by atoms with Crippen LogP contribution in [-0.2, 0) is 19.1 Å². The molecule has 7 aromatic rings. The van der Waals surface area contributed by atoms with Gasteiger partial charge in [-0.25, -0.2) is 9.97 Å². The predicted molar refractivity (Wildman–Crippen MR) is 234 cm³/mol. The maximum Gasteiger partial charge on any atom is 0.317 e. The standard InChI is InChI=1S/C50H38N4O5/c1-57-45(55)31-46(56)59-30-29-58-36-19-17-35(18-20-36)50-43-27-25-41(53-43)48(33-13-7-3-8-14-33)39-23-21-37(51-39)47(32-11-5-2-6-12-32)38-22-24-40(52-38)49(34-15-9-4-10-16-34)42-26-28-44(50)54-42/h2-28,51,54H,29-31H2,1H3. The summed E-state index contributed by atoms with van der Waals surface area (Å²) in [6.07, 6.45) is 7.90. The van der Waals surface area contributed by atoms with E-state index >= 15 is 0 Å². The lowest BCUT2D eigenvalue weighted by Crippen LogP contribution is -2.16. The lowest BCUT2D eigenvalue weighted by molar-refractivity contribution is -0.153. The number of hydrogen-bond donors (Lipinski definition) is 2. The third kappa shape index (κ3) is 7.69. The second-order valence-electron chi connectivity index (χ2n) is 13.9. The molecule has 4 aromatic carbocycles. The fraction of sp³-hybridized carbons (Fsp3) is 0.0800. The van der Waals surface area contributed by atoms with Crippen LogP contribution < -0.4 is 4.74 Å². The first kappa shape index (κ1) is 36.8. The third-order valence-corrected chi connectivity index (χ3v) is 10.2. The van der Waals surface area contributed by atoms with Crippen LogP contribution in [0.1, 0.15) is 29.2 Å². The molecule has 0 unspecified atom stereocenters. The summed E-state index contributed by atoms with van der Waals surface area (Å²) in [4.78, 5) is 41.5. The van der Waals surface area contributed by atoms with Gasteiger partial charge in [-0.05, 0) is 83.0 Å². The molecular formula is C50H38N4O5. The molecule has 0 saturated heterocycles. The molecule has 0 spiro atoms. The zero-order chi connectivity index (χ0) is 40.1. The summed E-state index contributed by atoms with van der Waals surface area (Å²) in [5.41, 5.74) is 14.9. The molecule has 0 radical (unpaired) electrons. The molecule has 0 atom stereocenters. The number of aromatic amines is 2. The first-order valence-corrected chi connectivity index (χ1v) is 19.3. The molecule has 0 amide bonds. The Hall–Kier alpha value is -7.78. The molecule has 0 aliphatic carbocycles. The number of carbonyl (C=O) groups is 2. The van der Waals surface area contributed by atoms with Crippen molar-refractivity contribution in [2.24, 2.45) is 0 Å². The average Bonchev–Trinajstić information content (AvgIpc) is 4.12. The lowest BCUT2D eigenvalue weighted by atomic mass is 10.0. The molecule has 0 saturated carbocycles. The monoisotopic (exact) mass is 774 g/mol. The summed E-state index contributed by atoms with van der Waals surface area (Å²) in [6.45, 7) is 0.115. The number of benzene rings is 4. The summed E-state index contributed by atoms with van der Waals surface area (Å²) < 4.78 is 15.5. The van der Waals surface area contributed by atoms with Crippen LogP contribution in [0.2, 0.25) is 0 Å². The van der Waals surface area contributed by atoms with Crippen molar-refractivity contribution in [1.82, 2.24) is 19.9 Å². The molecule has 2 N–H and O–H groups in total. The van der Waals surface area contributed by atoms with Crippen LogP contribution in [0.4, 0.5) is 0 Å². The number of aromatic nitrogens is 4. The molecular weight excluding hydrogens is 737 g/mol. The van der Waals surface area contributed by atoms with Crippen molar-refractivity contribution in [3.63, 3.8) is 0 Å². The number of nitrogens with zero attached hydrogens (tertiary/aromatic N) is 2. The Morgan fingerprint density at radius 1 is 0.458 bits per heavy atom. The number of esters is 2. The lowest BCUT2D eigenvalue weighted by Gasteiger charge is -2.09. The number of methoxy groups -OCH3 is 1. The Kier molecular flexibility index (Phi) is 10.2. The molecule has 9 rings (SSSR count). The summed E-state index contributed by atoms with van der Waals surface area (Å²) in [5.74, 6) is -0.717. The molecule has 0 fully saturated rings. The molecule has 59 heavy (non-hydrogen) atoms. The van der Waals surface area contributed by atoms with Crippen LogP contribution in [0.5, 0.6) is 5.75 Å². The van der Waals surface area contributed by atoms with E-state index in [0.29, 0.717) is 5.75 Å². The van der Waals surface area contributed by atoms with E-state index in [1.807, 2.05) is 66.7 Å². The molecule has 288 valence electrons. The van der Waals surface area contributed by atoms with E-state index in [1.165, 1.54) is 7.11 Å². The Balaban J connectivity index is 1.25. The Morgan fingerprint density at radius 2 is 0.831 bits per heavy atom. The predicted octanol–water partition coefficient (Wildman–Crippen LogP) is 10.8. The maximum absolute atomic E-state index is 11.9. The molecule has 5 heterocycles. The second-order valence-corrected chi connectivity index (χ2v) is 13.9. The number of H-pyrrole nitrogens is 2. The van der Waals surface area contributed by atoms with Crippen LogP contribution in [0, 0.1) is 0 Å². The quantitative estimate of drug-likeness (QED) is 0.0806. The van der Waals surface area contributed by atoms with E-state index in [9.17, 15) is 9.59 Å². The Labute approximate surface area is 340 Å². The SMILES string of the molecule is COC(=O)CC(=O)OCCOc1ccc(-c2c3nc(c(-c4ccccc4)c4ccc([nH]4)c(-c4ccccc4)c4nc(c(-c5ccccc5)c5ccc2[nH]5)C=C4)C=C3)cc1. The van der Waals surface area contributed by atoms with Gasteiger partial charge in [0.25, 0.3) is 0 Å². The number of carbonyl (C=O) groups excluding carboxylic acids is 2. The van der Waals surface area contributed by atoms with Gasteiger partial charge in [-0.15, -0.1) is 0 Å². The van der Waals surface area contributed by atoms with Gasteiger partial charge >= 0.3 is 11.9 Å². The summed E-state index contributed by atoms with van der Waals surface area (Å²) in [5, 5.41) is 0. The Morgan fingerprint density at radius 3 is 1.20 bits per heavy atom. The van der Waals surface area contributed by atoms with Crippen molar-refractivity contribution in [3.8, 4) is 50.3 Å². The molecule has 3 aromatic heterocycles. The van der Waals surface area contributed by atoms with Gasteiger partial charge in [0.1, 0.15) is 25.4 Å². The highest BCUT2D eigenvalue weighted by Crippen LogP contribution is 2.38. The topological polar surface area (TPSA) is 119 Å². The fourth-order valence-electron chi connectivity index (χ4n) is 7.51. The van der Waals surface area contributed by atoms with Gasteiger partial charge in [-0.3, -0.25) is 9.59 Å². The Bertz CT molecular complexity index is 2880. The maximum atomic E-state index is 11.9. The van der Waals surface area contributed by atoms with Crippen LogP contribution in [0.15, 0.2) is 140 Å². The van der Waals surface area contributed by atoms with E-state index in [2.05, 4.69) is 112 Å². The number of ether oxygens (including phenoxy) is 3. The van der Waals surface area contributed by atoms with Gasteiger partial charge in [0, 0.05) is 44.3 Å². The highest BCUT2D eigenvalue weighted by atomic mass is 16.6. The third-order valence-electron chi connectivity index (χ3n) is 10.2. The number of hydrogen-bond acceptors (Lipinski definition) is 7. The molecule has 2 aliphatic heterocycles. The molecule has 2 aliphatic rings. The van der Waals surface area contributed by atoms with Crippen molar-refractivity contribution in [2.45, 2.75) is 6.42 Å². The van der Waals surface area contributed by atoms with E-state index < -0.39 is 18.4 Å². The van der Waals surface area contributed by atoms with Crippen LogP contribution >= 0.6 is 0 Å². The summed E-state index contributed by atoms with van der Waals surface area (Å²) in [7, 11) is 1.22. The largest absolute Gasteiger partial charge is 0.490 e. The summed E-state index contributed by atoms with van der Waals surface area (Å²) >= 11 is 0. The van der Waals surface area contributed by atoms with Crippen molar-refractivity contribution < 1.29 is 23.8 Å². The van der Waals surface area contributed by atoms with Gasteiger partial charge in [0.2, 0.25) is 0 Å². The molecule has 9 heteroatoms. The first-order valence-electron chi connectivity index (χ1n) is 19.3. The normalized spacial score (nSPS) is 11.7. The van der Waals surface area contributed by atoms with Gasteiger partial charge in [-0.1, -0.05) is 103 Å².